The third kappa shape index (κ3) is 5.12. The normalized spacial score (nSPS) is 19.6. The van der Waals surface area contributed by atoms with Gasteiger partial charge in [0, 0.05) is 34.2 Å². The first-order valence-electron chi connectivity index (χ1n) is 11.4. The molecule has 2 N–H and O–H groups in total. The maximum atomic E-state index is 14.0. The average Bonchev–Trinajstić information content (AvgIpc) is 3.18. The third-order valence-electron chi connectivity index (χ3n) is 6.46. The van der Waals surface area contributed by atoms with Gasteiger partial charge in [0.2, 0.25) is 0 Å². The van der Waals surface area contributed by atoms with E-state index in [9.17, 15) is 40.3 Å². The van der Waals surface area contributed by atoms with Gasteiger partial charge >= 0.3 is 6.18 Å². The molecule has 1 fully saturated rings. The minimum absolute atomic E-state index is 0.0169. The van der Waals surface area contributed by atoms with Crippen molar-refractivity contribution in [3.8, 4) is 5.75 Å². The van der Waals surface area contributed by atoms with Crippen LogP contribution in [0.1, 0.15) is 56.3 Å². The lowest BCUT2D eigenvalue weighted by molar-refractivity contribution is -0.163. The van der Waals surface area contributed by atoms with Gasteiger partial charge < -0.3 is 15.4 Å². The summed E-state index contributed by atoms with van der Waals surface area (Å²) in [5.41, 5.74) is -2.36. The number of alkyl halides is 5. The second kappa shape index (κ2) is 9.44. The molecule has 0 saturated heterocycles. The van der Waals surface area contributed by atoms with Crippen molar-refractivity contribution in [3.05, 3.63) is 93.0 Å². The van der Waals surface area contributed by atoms with Gasteiger partial charge in [-0.15, -0.1) is 0 Å². The number of rotatable bonds is 5. The van der Waals surface area contributed by atoms with Gasteiger partial charge in [-0.25, -0.2) is 17.6 Å². The number of benzene rings is 3. The Morgan fingerprint density at radius 1 is 1.05 bits per heavy atom. The molecule has 39 heavy (non-hydrogen) atoms. The Morgan fingerprint density at radius 2 is 1.79 bits per heavy atom. The molecule has 1 saturated carbocycles. The molecule has 1 aliphatic heterocycles. The van der Waals surface area contributed by atoms with Gasteiger partial charge in [-0.2, -0.15) is 13.2 Å². The van der Waals surface area contributed by atoms with Gasteiger partial charge in [0.25, 0.3) is 17.7 Å². The van der Waals surface area contributed by atoms with Crippen molar-refractivity contribution >= 4 is 29.1 Å². The third-order valence-corrected chi connectivity index (χ3v) is 6.80. The lowest BCUT2D eigenvalue weighted by atomic mass is 9.90. The molecule has 5 rings (SSSR count). The van der Waals surface area contributed by atoms with Crippen LogP contribution < -0.4 is 15.4 Å². The molecule has 0 radical (unpaired) electrons. The number of carbonyl (C=O) groups excluding carboxylic acids is 2. The van der Waals surface area contributed by atoms with E-state index in [1.807, 2.05) is 0 Å². The minimum atomic E-state index is -4.95. The molecule has 2 atom stereocenters. The number of fused-ring (bicyclic) bond motifs is 1. The van der Waals surface area contributed by atoms with Crippen molar-refractivity contribution in [1.29, 1.82) is 0 Å². The summed E-state index contributed by atoms with van der Waals surface area (Å²) < 4.78 is 101. The number of carbonyl (C=O) groups is 2. The number of ether oxygens (including phenoxy) is 1. The largest absolute Gasteiger partial charge is 0.484 e. The molecule has 204 valence electrons. The number of amides is 2. The van der Waals surface area contributed by atoms with Gasteiger partial charge in [0.15, 0.2) is 6.10 Å². The highest BCUT2D eigenvalue weighted by atomic mass is 35.5. The first-order valence-corrected chi connectivity index (χ1v) is 11.8. The molecule has 2 amide bonds. The molecule has 13 heteroatoms. The van der Waals surface area contributed by atoms with Crippen LogP contribution in [0.2, 0.25) is 5.02 Å². The zero-order valence-electron chi connectivity index (χ0n) is 19.4. The van der Waals surface area contributed by atoms with Crippen molar-refractivity contribution in [2.45, 2.75) is 37.1 Å². The van der Waals surface area contributed by atoms with E-state index in [0.29, 0.717) is 12.1 Å². The summed E-state index contributed by atoms with van der Waals surface area (Å²) in [5, 5.41) is 4.93. The molecular weight excluding hydrogens is 557 g/mol. The van der Waals surface area contributed by atoms with E-state index in [1.165, 1.54) is 6.07 Å². The lowest BCUT2D eigenvalue weighted by Crippen LogP contribution is -2.47. The minimum Gasteiger partial charge on any atom is -0.484 e. The second-order valence-corrected chi connectivity index (χ2v) is 9.50. The number of anilines is 1. The molecule has 5 nitrogen and oxygen atoms in total. The van der Waals surface area contributed by atoms with Crippen LogP contribution in [0.5, 0.6) is 5.75 Å². The van der Waals surface area contributed by atoms with E-state index in [1.54, 1.807) is 0 Å². The fourth-order valence-corrected chi connectivity index (χ4v) is 4.64. The van der Waals surface area contributed by atoms with Crippen LogP contribution in [-0.4, -0.2) is 23.8 Å². The van der Waals surface area contributed by atoms with Crippen LogP contribution in [0.25, 0.3) is 0 Å². The molecule has 3 aromatic carbocycles. The van der Waals surface area contributed by atoms with Crippen LogP contribution in [-0.2, 0) is 6.18 Å². The van der Waals surface area contributed by atoms with E-state index in [-0.39, 0.29) is 45.6 Å². The molecule has 0 aromatic heterocycles. The Labute approximate surface area is 220 Å². The summed E-state index contributed by atoms with van der Waals surface area (Å²) in [6.07, 6.45) is -6.85. The molecule has 2 unspecified atom stereocenters. The Kier molecular flexibility index (Phi) is 6.48. The summed E-state index contributed by atoms with van der Waals surface area (Å²) in [4.78, 5) is 25.9. The maximum Gasteiger partial charge on any atom is 0.416 e. The summed E-state index contributed by atoms with van der Waals surface area (Å²) >= 11 is 6.22. The highest BCUT2D eigenvalue weighted by molar-refractivity contribution is 6.31. The standard InChI is InChI=1S/C26H16ClF7N2O3/c27-18-2-1-13(28)8-16(18)22-21-17(24(38)36-22)9-15(39-20-3-4-25(20,30)31)10-19(21)35-23(37)11-5-12(26(32,33)34)7-14(29)6-11/h1-2,5-10,20,22H,3-4H2,(H,35,37)(H,36,38). The molecule has 1 heterocycles. The summed E-state index contributed by atoms with van der Waals surface area (Å²) in [7, 11) is 0. The van der Waals surface area contributed by atoms with Gasteiger partial charge in [-0.05, 0) is 48.9 Å². The van der Waals surface area contributed by atoms with E-state index >= 15 is 0 Å². The summed E-state index contributed by atoms with van der Waals surface area (Å²) in [6, 6.07) is 5.69. The fraction of sp³-hybridized carbons (Fsp3) is 0.231. The molecular formula is C26H16ClF7N2O3. The number of halogens is 8. The highest BCUT2D eigenvalue weighted by Crippen LogP contribution is 2.44. The first kappa shape index (κ1) is 26.8. The first-order chi connectivity index (χ1) is 18.2. The quantitative estimate of drug-likeness (QED) is 0.327. The highest BCUT2D eigenvalue weighted by Gasteiger charge is 2.50. The number of hydrogen-bond donors (Lipinski definition) is 2. The molecule has 2 aliphatic rings. The van der Waals surface area contributed by atoms with Crippen molar-refractivity contribution in [3.63, 3.8) is 0 Å². The Hall–Kier alpha value is -3.80. The number of nitrogens with one attached hydrogen (secondary N) is 2. The molecule has 0 bridgehead atoms. The van der Waals surface area contributed by atoms with E-state index < -0.39 is 65.2 Å². The van der Waals surface area contributed by atoms with Crippen molar-refractivity contribution in [2.75, 3.05) is 5.32 Å². The monoisotopic (exact) mass is 572 g/mol. The van der Waals surface area contributed by atoms with Crippen LogP contribution in [0.4, 0.5) is 36.4 Å². The summed E-state index contributed by atoms with van der Waals surface area (Å²) in [5.74, 6) is -7.32. The van der Waals surface area contributed by atoms with Gasteiger partial charge in [-0.3, -0.25) is 9.59 Å². The van der Waals surface area contributed by atoms with E-state index in [2.05, 4.69) is 10.6 Å². The van der Waals surface area contributed by atoms with E-state index in [4.69, 9.17) is 16.3 Å². The van der Waals surface area contributed by atoms with Crippen molar-refractivity contribution < 1.29 is 45.1 Å². The van der Waals surface area contributed by atoms with Crippen molar-refractivity contribution in [1.82, 2.24) is 5.32 Å². The predicted molar refractivity (Wildman–Crippen MR) is 125 cm³/mol. The smallest absolute Gasteiger partial charge is 0.416 e. The Balaban J connectivity index is 1.60. The van der Waals surface area contributed by atoms with Gasteiger partial charge in [0.1, 0.15) is 17.4 Å². The molecule has 3 aromatic rings. The zero-order valence-corrected chi connectivity index (χ0v) is 20.2. The topological polar surface area (TPSA) is 67.4 Å². The SMILES string of the molecule is O=C(Nc1cc(OC2CCC2(F)F)cc2c1C(c1cc(F)ccc1Cl)NC2=O)c1cc(F)cc(C(F)(F)F)c1. The van der Waals surface area contributed by atoms with Crippen LogP contribution in [0, 0.1) is 11.6 Å². The Bertz CT molecular complexity index is 1510. The molecule has 0 spiro atoms. The van der Waals surface area contributed by atoms with Gasteiger partial charge in [-0.1, -0.05) is 11.6 Å². The number of hydrogen-bond acceptors (Lipinski definition) is 3. The lowest BCUT2D eigenvalue weighted by Gasteiger charge is -2.36. The van der Waals surface area contributed by atoms with Crippen molar-refractivity contribution in [2.24, 2.45) is 0 Å². The Morgan fingerprint density at radius 3 is 2.44 bits per heavy atom. The zero-order chi connectivity index (χ0) is 28.3. The second-order valence-electron chi connectivity index (χ2n) is 9.09. The predicted octanol–water partition coefficient (Wildman–Crippen LogP) is 6.90. The average molecular weight is 573 g/mol. The van der Waals surface area contributed by atoms with E-state index in [0.717, 1.165) is 24.3 Å². The molecule has 1 aliphatic carbocycles. The summed E-state index contributed by atoms with van der Waals surface area (Å²) in [6.45, 7) is 0. The van der Waals surface area contributed by atoms with Crippen LogP contribution >= 0.6 is 11.6 Å². The fourth-order valence-electron chi connectivity index (χ4n) is 4.42. The van der Waals surface area contributed by atoms with Crippen LogP contribution in [0.15, 0.2) is 48.5 Å². The van der Waals surface area contributed by atoms with Crippen LogP contribution in [0.3, 0.4) is 0 Å². The maximum absolute atomic E-state index is 14.0. The van der Waals surface area contributed by atoms with Gasteiger partial charge in [0.05, 0.1) is 22.9 Å².